The molecule has 0 saturated carbocycles. The zero-order valence-corrected chi connectivity index (χ0v) is 14.5. The van der Waals surface area contributed by atoms with E-state index in [0.717, 1.165) is 29.9 Å². The SMILES string of the molecule is CC(C)CCOCCn1c(CCl)nc2cc(Br)c(F)cc21. The van der Waals surface area contributed by atoms with Crippen molar-refractivity contribution in [3.05, 3.63) is 28.2 Å². The number of rotatable bonds is 7. The van der Waals surface area contributed by atoms with Gasteiger partial charge in [0.05, 0.1) is 28.0 Å². The Morgan fingerprint density at radius 1 is 1.38 bits per heavy atom. The Morgan fingerprint density at radius 3 is 2.81 bits per heavy atom. The van der Waals surface area contributed by atoms with Gasteiger partial charge in [0.1, 0.15) is 11.6 Å². The summed E-state index contributed by atoms with van der Waals surface area (Å²) in [6.45, 7) is 6.26. The predicted molar refractivity (Wildman–Crippen MR) is 87.2 cm³/mol. The summed E-state index contributed by atoms with van der Waals surface area (Å²) in [5, 5.41) is 0. The molecule has 6 heteroatoms. The van der Waals surface area contributed by atoms with Gasteiger partial charge in [-0.2, -0.15) is 0 Å². The van der Waals surface area contributed by atoms with E-state index >= 15 is 0 Å². The lowest BCUT2D eigenvalue weighted by Crippen LogP contribution is -2.10. The Bertz CT molecular complexity index is 615. The second-order valence-electron chi connectivity index (χ2n) is 5.36. The largest absolute Gasteiger partial charge is 0.380 e. The monoisotopic (exact) mass is 376 g/mol. The third-order valence-corrected chi connectivity index (χ3v) is 4.13. The Balaban J connectivity index is 2.12. The van der Waals surface area contributed by atoms with Crippen LogP contribution in [0.15, 0.2) is 16.6 Å². The molecule has 0 saturated heterocycles. The van der Waals surface area contributed by atoms with Crippen molar-refractivity contribution in [2.45, 2.75) is 32.7 Å². The molecule has 0 spiro atoms. The van der Waals surface area contributed by atoms with Crippen LogP contribution in [0.5, 0.6) is 0 Å². The molecule has 0 N–H and O–H groups in total. The number of benzene rings is 1. The maximum atomic E-state index is 13.7. The van der Waals surface area contributed by atoms with Gasteiger partial charge in [-0.15, -0.1) is 11.6 Å². The fraction of sp³-hybridized carbons (Fsp3) is 0.533. The van der Waals surface area contributed by atoms with Crippen molar-refractivity contribution in [2.24, 2.45) is 5.92 Å². The lowest BCUT2D eigenvalue weighted by Gasteiger charge is -2.10. The summed E-state index contributed by atoms with van der Waals surface area (Å²) in [4.78, 5) is 4.44. The third kappa shape index (κ3) is 4.18. The first kappa shape index (κ1) is 16.7. The lowest BCUT2D eigenvalue weighted by molar-refractivity contribution is 0.116. The zero-order valence-electron chi connectivity index (χ0n) is 12.2. The molecule has 0 radical (unpaired) electrons. The van der Waals surface area contributed by atoms with E-state index in [1.807, 2.05) is 4.57 Å². The van der Waals surface area contributed by atoms with Crippen LogP contribution in [0.25, 0.3) is 11.0 Å². The first-order valence-corrected chi connectivity index (χ1v) is 8.33. The van der Waals surface area contributed by atoms with E-state index in [9.17, 15) is 4.39 Å². The van der Waals surface area contributed by atoms with Crippen LogP contribution in [0.1, 0.15) is 26.1 Å². The molecule has 0 aliphatic rings. The van der Waals surface area contributed by atoms with E-state index in [0.29, 0.717) is 29.4 Å². The third-order valence-electron chi connectivity index (χ3n) is 3.29. The average Bonchev–Trinajstić information content (AvgIpc) is 2.76. The van der Waals surface area contributed by atoms with Crippen LogP contribution in [0.2, 0.25) is 0 Å². The minimum atomic E-state index is -0.300. The predicted octanol–water partition coefficient (Wildman–Crippen LogP) is 4.74. The maximum Gasteiger partial charge on any atom is 0.139 e. The molecule has 0 bridgehead atoms. The van der Waals surface area contributed by atoms with E-state index in [2.05, 4.69) is 34.8 Å². The highest BCUT2D eigenvalue weighted by molar-refractivity contribution is 9.10. The molecular weight excluding hydrogens is 359 g/mol. The lowest BCUT2D eigenvalue weighted by atomic mass is 10.1. The fourth-order valence-corrected chi connectivity index (χ4v) is 2.63. The molecule has 116 valence electrons. The van der Waals surface area contributed by atoms with Gasteiger partial charge in [0.2, 0.25) is 0 Å². The van der Waals surface area contributed by atoms with Gasteiger partial charge in [-0.1, -0.05) is 13.8 Å². The second-order valence-corrected chi connectivity index (χ2v) is 6.48. The summed E-state index contributed by atoms with van der Waals surface area (Å²) >= 11 is 9.11. The number of fused-ring (bicyclic) bond motifs is 1. The Labute approximate surface area is 137 Å². The van der Waals surface area contributed by atoms with Crippen molar-refractivity contribution in [3.8, 4) is 0 Å². The first-order chi connectivity index (χ1) is 10.0. The molecule has 0 aliphatic heterocycles. The van der Waals surface area contributed by atoms with Gasteiger partial charge >= 0.3 is 0 Å². The van der Waals surface area contributed by atoms with Gasteiger partial charge in [0.25, 0.3) is 0 Å². The number of ether oxygens (including phenoxy) is 1. The average molecular weight is 378 g/mol. The summed E-state index contributed by atoms with van der Waals surface area (Å²) in [5.41, 5.74) is 1.49. The molecule has 21 heavy (non-hydrogen) atoms. The number of hydrogen-bond acceptors (Lipinski definition) is 2. The first-order valence-electron chi connectivity index (χ1n) is 7.00. The van der Waals surface area contributed by atoms with Crippen molar-refractivity contribution < 1.29 is 9.13 Å². The Morgan fingerprint density at radius 2 is 2.14 bits per heavy atom. The van der Waals surface area contributed by atoms with Crippen molar-refractivity contribution in [1.29, 1.82) is 0 Å². The molecular formula is C15H19BrClFN2O. The van der Waals surface area contributed by atoms with Crippen molar-refractivity contribution in [1.82, 2.24) is 9.55 Å². The van der Waals surface area contributed by atoms with Crippen LogP contribution in [0, 0.1) is 11.7 Å². The van der Waals surface area contributed by atoms with Gasteiger partial charge in [-0.3, -0.25) is 0 Å². The number of nitrogens with zero attached hydrogens (tertiary/aromatic N) is 2. The molecule has 0 amide bonds. The van der Waals surface area contributed by atoms with Crippen molar-refractivity contribution in [2.75, 3.05) is 13.2 Å². The molecule has 1 aromatic carbocycles. The van der Waals surface area contributed by atoms with Gasteiger partial charge in [0, 0.05) is 19.2 Å². The second kappa shape index (κ2) is 7.56. The molecule has 0 fully saturated rings. The maximum absolute atomic E-state index is 13.7. The zero-order chi connectivity index (χ0) is 15.4. The minimum Gasteiger partial charge on any atom is -0.380 e. The number of halogens is 3. The normalized spacial score (nSPS) is 11.7. The van der Waals surface area contributed by atoms with Gasteiger partial charge in [0.15, 0.2) is 0 Å². The molecule has 1 heterocycles. The highest BCUT2D eigenvalue weighted by atomic mass is 79.9. The van der Waals surface area contributed by atoms with E-state index < -0.39 is 0 Å². The molecule has 1 aromatic heterocycles. The van der Waals surface area contributed by atoms with Gasteiger partial charge < -0.3 is 9.30 Å². The van der Waals surface area contributed by atoms with E-state index in [1.54, 1.807) is 6.07 Å². The van der Waals surface area contributed by atoms with Crippen LogP contribution < -0.4 is 0 Å². The minimum absolute atomic E-state index is 0.292. The van der Waals surface area contributed by atoms with E-state index in [4.69, 9.17) is 16.3 Å². The molecule has 0 atom stereocenters. The fourth-order valence-electron chi connectivity index (χ4n) is 2.10. The Hall–Kier alpha value is -0.650. The van der Waals surface area contributed by atoms with Crippen LogP contribution in [0.4, 0.5) is 4.39 Å². The van der Waals surface area contributed by atoms with Crippen LogP contribution >= 0.6 is 27.5 Å². The van der Waals surface area contributed by atoms with Crippen LogP contribution in [-0.4, -0.2) is 22.8 Å². The van der Waals surface area contributed by atoms with Crippen LogP contribution in [-0.2, 0) is 17.2 Å². The topological polar surface area (TPSA) is 27.1 Å². The quantitative estimate of drug-likeness (QED) is 0.515. The summed E-state index contributed by atoms with van der Waals surface area (Å²) < 4.78 is 21.7. The van der Waals surface area contributed by atoms with Crippen LogP contribution in [0.3, 0.4) is 0 Å². The van der Waals surface area contributed by atoms with Crippen molar-refractivity contribution >= 4 is 38.6 Å². The molecule has 0 aliphatic carbocycles. The number of hydrogen-bond donors (Lipinski definition) is 0. The number of aromatic nitrogens is 2. The summed E-state index contributed by atoms with van der Waals surface area (Å²) in [6.07, 6.45) is 1.04. The van der Waals surface area contributed by atoms with Crippen molar-refractivity contribution in [3.63, 3.8) is 0 Å². The molecule has 3 nitrogen and oxygen atoms in total. The number of alkyl halides is 1. The highest BCUT2D eigenvalue weighted by Crippen LogP contribution is 2.24. The summed E-state index contributed by atoms with van der Waals surface area (Å²) in [5.74, 6) is 1.35. The smallest absolute Gasteiger partial charge is 0.139 e. The highest BCUT2D eigenvalue weighted by Gasteiger charge is 2.12. The van der Waals surface area contributed by atoms with E-state index in [1.165, 1.54) is 6.07 Å². The standard InChI is InChI=1S/C15H19BrClFN2O/c1-10(2)3-5-21-6-4-20-14-8-12(18)11(16)7-13(14)19-15(20)9-17/h7-8,10H,3-6,9H2,1-2H3. The number of imidazole rings is 1. The molecule has 0 unspecified atom stereocenters. The molecule has 2 rings (SSSR count). The summed E-state index contributed by atoms with van der Waals surface area (Å²) in [6, 6.07) is 3.16. The van der Waals surface area contributed by atoms with Gasteiger partial charge in [-0.05, 0) is 34.3 Å². The van der Waals surface area contributed by atoms with E-state index in [-0.39, 0.29) is 5.82 Å². The van der Waals surface area contributed by atoms with Gasteiger partial charge in [-0.25, -0.2) is 9.37 Å². The Kier molecular flexibility index (Phi) is 6.02. The molecule has 2 aromatic rings. The summed E-state index contributed by atoms with van der Waals surface area (Å²) in [7, 11) is 0.